The van der Waals surface area contributed by atoms with E-state index in [2.05, 4.69) is 21.0 Å². The fraction of sp³-hybridized carbons (Fsp3) is 0.357. The van der Waals surface area contributed by atoms with Gasteiger partial charge in [-0.25, -0.2) is 4.39 Å². The van der Waals surface area contributed by atoms with Crippen LogP contribution in [0, 0.1) is 5.82 Å². The molecular weight excluding hydrogens is 361 g/mol. The average molecular weight is 377 g/mol. The minimum absolute atomic E-state index is 0.230. The van der Waals surface area contributed by atoms with Crippen LogP contribution < -0.4 is 0 Å². The molecule has 0 aliphatic heterocycles. The molecule has 1 atom stereocenters. The van der Waals surface area contributed by atoms with Gasteiger partial charge in [0.05, 0.1) is 27.9 Å². The van der Waals surface area contributed by atoms with Crippen LogP contribution in [0.5, 0.6) is 0 Å². The van der Waals surface area contributed by atoms with E-state index in [0.29, 0.717) is 22.8 Å². The zero-order valence-corrected chi connectivity index (χ0v) is 14.1. The Morgan fingerprint density at radius 1 is 1.48 bits per heavy atom. The number of aliphatic hydroxyl groups is 1. The maximum atomic E-state index is 13.6. The van der Waals surface area contributed by atoms with Crippen molar-refractivity contribution in [3.8, 4) is 0 Å². The Labute approximate surface area is 136 Å². The Balaban J connectivity index is 2.36. The van der Waals surface area contributed by atoms with Crippen LogP contribution in [0.1, 0.15) is 17.4 Å². The van der Waals surface area contributed by atoms with Crippen molar-refractivity contribution in [2.45, 2.75) is 12.6 Å². The summed E-state index contributed by atoms with van der Waals surface area (Å²) in [5.74, 6) is -0.429. The summed E-state index contributed by atoms with van der Waals surface area (Å²) in [6.07, 6.45) is 0.440. The molecule has 0 radical (unpaired) electrons. The first-order valence-corrected chi connectivity index (χ1v) is 7.56. The highest BCUT2D eigenvalue weighted by Gasteiger charge is 2.23. The second-order valence-corrected chi connectivity index (χ2v) is 6.15. The van der Waals surface area contributed by atoms with Crippen molar-refractivity contribution in [1.82, 2.24) is 14.7 Å². The van der Waals surface area contributed by atoms with E-state index in [4.69, 9.17) is 11.6 Å². The first-order valence-electron chi connectivity index (χ1n) is 6.39. The molecule has 0 saturated heterocycles. The molecule has 0 fully saturated rings. The van der Waals surface area contributed by atoms with Gasteiger partial charge in [0.1, 0.15) is 11.9 Å². The minimum atomic E-state index is -1.05. The predicted octanol–water partition coefficient (Wildman–Crippen LogP) is 3.08. The number of aromatic nitrogens is 2. The number of hydrogen-bond donors (Lipinski definition) is 1. The molecule has 0 aliphatic carbocycles. The standard InChI is InChI=1S/C14H16BrClFN3O/c1-19(2)6-7-20-13(10(16)8-18-20)14(21)9-4-3-5-11(17)12(9)15/h3-5,8,14,21H,6-7H2,1-2H3. The number of aliphatic hydroxyl groups excluding tert-OH is 1. The summed E-state index contributed by atoms with van der Waals surface area (Å²) in [5.41, 5.74) is 0.883. The molecule has 1 aromatic heterocycles. The number of likely N-dealkylation sites (N-methyl/N-ethyl adjacent to an activating group) is 1. The fourth-order valence-electron chi connectivity index (χ4n) is 2.00. The monoisotopic (exact) mass is 375 g/mol. The largest absolute Gasteiger partial charge is 0.382 e. The summed E-state index contributed by atoms with van der Waals surface area (Å²) in [5, 5.41) is 15.1. The quantitative estimate of drug-likeness (QED) is 0.872. The Hall–Kier alpha value is -0.950. The summed E-state index contributed by atoms with van der Waals surface area (Å²) >= 11 is 9.29. The van der Waals surface area contributed by atoms with Gasteiger partial charge in [-0.3, -0.25) is 4.68 Å². The molecule has 1 N–H and O–H groups in total. The van der Waals surface area contributed by atoms with Gasteiger partial charge in [0.15, 0.2) is 0 Å². The highest BCUT2D eigenvalue weighted by atomic mass is 79.9. The molecule has 0 aliphatic rings. The summed E-state index contributed by atoms with van der Waals surface area (Å²) in [4.78, 5) is 2.00. The highest BCUT2D eigenvalue weighted by molar-refractivity contribution is 9.10. The Kier molecular flexibility index (Phi) is 5.37. The Morgan fingerprint density at radius 3 is 2.86 bits per heavy atom. The average Bonchev–Trinajstić information content (AvgIpc) is 2.80. The van der Waals surface area contributed by atoms with Crippen molar-refractivity contribution >= 4 is 27.5 Å². The summed E-state index contributed by atoms with van der Waals surface area (Å²) < 4.78 is 15.5. The van der Waals surface area contributed by atoms with E-state index in [9.17, 15) is 9.50 Å². The van der Waals surface area contributed by atoms with Crippen LogP contribution in [0.3, 0.4) is 0 Å². The lowest BCUT2D eigenvalue weighted by Gasteiger charge is -2.17. The first kappa shape index (κ1) is 16.4. The van der Waals surface area contributed by atoms with Crippen LogP contribution in [0.4, 0.5) is 4.39 Å². The highest BCUT2D eigenvalue weighted by Crippen LogP contribution is 2.33. The molecule has 1 heterocycles. The molecule has 114 valence electrons. The SMILES string of the molecule is CN(C)CCn1ncc(Cl)c1C(O)c1cccc(F)c1Br. The normalized spacial score (nSPS) is 12.9. The minimum Gasteiger partial charge on any atom is -0.382 e. The maximum Gasteiger partial charge on any atom is 0.137 e. The third kappa shape index (κ3) is 3.63. The number of halogens is 3. The molecule has 1 unspecified atom stereocenters. The van der Waals surface area contributed by atoms with Gasteiger partial charge < -0.3 is 10.0 Å². The molecule has 4 nitrogen and oxygen atoms in total. The van der Waals surface area contributed by atoms with E-state index in [-0.39, 0.29) is 4.47 Å². The topological polar surface area (TPSA) is 41.3 Å². The molecule has 1 aromatic carbocycles. The maximum absolute atomic E-state index is 13.6. The van der Waals surface area contributed by atoms with Crippen LogP contribution >= 0.6 is 27.5 Å². The van der Waals surface area contributed by atoms with Crippen LogP contribution in [0.25, 0.3) is 0 Å². The van der Waals surface area contributed by atoms with E-state index in [1.807, 2.05) is 19.0 Å². The van der Waals surface area contributed by atoms with Crippen LogP contribution in [0.15, 0.2) is 28.9 Å². The summed E-state index contributed by atoms with van der Waals surface area (Å²) in [7, 11) is 3.90. The molecule has 0 amide bonds. The van der Waals surface area contributed by atoms with Gasteiger partial charge in [-0.2, -0.15) is 5.10 Å². The van der Waals surface area contributed by atoms with Gasteiger partial charge in [0.25, 0.3) is 0 Å². The summed E-state index contributed by atoms with van der Waals surface area (Å²) in [6.45, 7) is 1.33. The molecule has 7 heteroatoms. The third-order valence-electron chi connectivity index (χ3n) is 3.13. The van der Waals surface area contributed by atoms with Crippen LogP contribution in [-0.2, 0) is 6.54 Å². The lowest BCUT2D eigenvalue weighted by atomic mass is 10.1. The lowest BCUT2D eigenvalue weighted by Crippen LogP contribution is -2.21. The van der Waals surface area contributed by atoms with Gasteiger partial charge >= 0.3 is 0 Å². The van der Waals surface area contributed by atoms with E-state index < -0.39 is 11.9 Å². The van der Waals surface area contributed by atoms with Crippen molar-refractivity contribution in [1.29, 1.82) is 0 Å². The van der Waals surface area contributed by atoms with Crippen LogP contribution in [0.2, 0.25) is 5.02 Å². The number of hydrogen-bond acceptors (Lipinski definition) is 3. The fourth-order valence-corrected chi connectivity index (χ4v) is 2.72. The van der Waals surface area contributed by atoms with E-state index in [1.54, 1.807) is 16.8 Å². The number of rotatable bonds is 5. The lowest BCUT2D eigenvalue weighted by molar-refractivity contribution is 0.204. The molecular formula is C14H16BrClFN3O. The van der Waals surface area contributed by atoms with Gasteiger partial charge in [-0.15, -0.1) is 0 Å². The van der Waals surface area contributed by atoms with Gasteiger partial charge in [-0.05, 0) is 36.1 Å². The van der Waals surface area contributed by atoms with E-state index in [0.717, 1.165) is 6.54 Å². The zero-order valence-electron chi connectivity index (χ0n) is 11.7. The third-order valence-corrected chi connectivity index (χ3v) is 4.26. The van der Waals surface area contributed by atoms with Crippen molar-refractivity contribution in [3.05, 3.63) is 51.0 Å². The van der Waals surface area contributed by atoms with Crippen molar-refractivity contribution in [3.63, 3.8) is 0 Å². The molecule has 0 spiro atoms. The van der Waals surface area contributed by atoms with Gasteiger partial charge in [0, 0.05) is 12.1 Å². The van der Waals surface area contributed by atoms with Crippen molar-refractivity contribution in [2.75, 3.05) is 20.6 Å². The van der Waals surface area contributed by atoms with Crippen molar-refractivity contribution in [2.24, 2.45) is 0 Å². The molecule has 21 heavy (non-hydrogen) atoms. The molecule has 0 saturated carbocycles. The second-order valence-electron chi connectivity index (χ2n) is 4.95. The molecule has 2 rings (SSSR count). The predicted molar refractivity (Wildman–Crippen MR) is 84.0 cm³/mol. The molecule has 2 aromatic rings. The zero-order chi connectivity index (χ0) is 15.6. The summed E-state index contributed by atoms with van der Waals surface area (Å²) in [6, 6.07) is 4.52. The van der Waals surface area contributed by atoms with E-state index >= 15 is 0 Å². The van der Waals surface area contributed by atoms with E-state index in [1.165, 1.54) is 12.3 Å². The van der Waals surface area contributed by atoms with Crippen molar-refractivity contribution < 1.29 is 9.50 Å². The van der Waals surface area contributed by atoms with Gasteiger partial charge in [0.2, 0.25) is 0 Å². The van der Waals surface area contributed by atoms with Gasteiger partial charge in [-0.1, -0.05) is 23.7 Å². The van der Waals surface area contributed by atoms with Crippen LogP contribution in [-0.4, -0.2) is 40.4 Å². The molecule has 0 bridgehead atoms. The Morgan fingerprint density at radius 2 is 2.19 bits per heavy atom. The first-order chi connectivity index (χ1) is 9.91. The second kappa shape index (κ2) is 6.87. The number of benzene rings is 1. The smallest absolute Gasteiger partial charge is 0.137 e. The Bertz CT molecular complexity index is 633. The number of nitrogens with zero attached hydrogens (tertiary/aromatic N) is 3.